The van der Waals surface area contributed by atoms with Crippen molar-refractivity contribution < 1.29 is 4.79 Å². The van der Waals surface area contributed by atoms with Crippen LogP contribution in [0.2, 0.25) is 0 Å². The van der Waals surface area contributed by atoms with Crippen molar-refractivity contribution in [2.75, 3.05) is 18.9 Å². The third kappa shape index (κ3) is 2.69. The maximum absolute atomic E-state index is 13.2. The molecule has 1 fully saturated rings. The van der Waals surface area contributed by atoms with Crippen LogP contribution >= 0.6 is 0 Å². The minimum absolute atomic E-state index is 0.157. The second-order valence-corrected chi connectivity index (χ2v) is 6.18. The van der Waals surface area contributed by atoms with E-state index in [9.17, 15) is 9.59 Å². The Morgan fingerprint density at radius 2 is 2.08 bits per heavy atom. The molecule has 0 bridgehead atoms. The van der Waals surface area contributed by atoms with Gasteiger partial charge in [-0.2, -0.15) is 5.10 Å². The Hall–Kier alpha value is -3.29. The van der Waals surface area contributed by atoms with Gasteiger partial charge in [-0.15, -0.1) is 0 Å². The predicted octanol–water partition coefficient (Wildman–Crippen LogP) is 1.73. The molecule has 8 heteroatoms. The van der Waals surface area contributed by atoms with Crippen LogP contribution in [-0.4, -0.2) is 44.6 Å². The van der Waals surface area contributed by atoms with E-state index in [0.29, 0.717) is 23.1 Å². The summed E-state index contributed by atoms with van der Waals surface area (Å²) in [6, 6.07) is 6.84. The van der Waals surface area contributed by atoms with Gasteiger partial charge in [0, 0.05) is 19.0 Å². The molecule has 1 aliphatic rings. The lowest BCUT2D eigenvalue weighted by atomic mass is 10.1. The molecule has 3 heterocycles. The van der Waals surface area contributed by atoms with E-state index >= 15 is 0 Å². The third-order valence-corrected chi connectivity index (χ3v) is 4.66. The van der Waals surface area contributed by atoms with E-state index < -0.39 is 0 Å². The predicted molar refractivity (Wildman–Crippen MR) is 97.0 cm³/mol. The van der Waals surface area contributed by atoms with Gasteiger partial charge < -0.3 is 10.2 Å². The number of aromatic amines is 1. The second kappa shape index (κ2) is 6.55. The highest BCUT2D eigenvalue weighted by Gasteiger charge is 2.33. The molecule has 0 aliphatic carbocycles. The van der Waals surface area contributed by atoms with Crippen molar-refractivity contribution in [3.05, 3.63) is 58.4 Å². The summed E-state index contributed by atoms with van der Waals surface area (Å²) in [5.41, 5.74) is 0.698. The van der Waals surface area contributed by atoms with Crippen LogP contribution in [0.1, 0.15) is 35.1 Å². The van der Waals surface area contributed by atoms with Crippen molar-refractivity contribution in [3.8, 4) is 0 Å². The summed E-state index contributed by atoms with van der Waals surface area (Å²) in [5, 5.41) is 10.4. The van der Waals surface area contributed by atoms with Crippen LogP contribution in [0.3, 0.4) is 0 Å². The first-order chi connectivity index (χ1) is 12.7. The van der Waals surface area contributed by atoms with E-state index in [4.69, 9.17) is 0 Å². The fourth-order valence-corrected chi connectivity index (χ4v) is 3.39. The zero-order valence-corrected chi connectivity index (χ0v) is 14.3. The number of rotatable bonds is 3. The molecule has 1 saturated heterocycles. The highest BCUT2D eigenvalue weighted by Crippen LogP contribution is 2.32. The molecule has 0 radical (unpaired) electrons. The summed E-state index contributed by atoms with van der Waals surface area (Å²) in [4.78, 5) is 35.6. The Kier molecular flexibility index (Phi) is 4.08. The number of H-pyrrole nitrogens is 1. The zero-order chi connectivity index (χ0) is 18.1. The van der Waals surface area contributed by atoms with Crippen LogP contribution in [-0.2, 0) is 0 Å². The highest BCUT2D eigenvalue weighted by molar-refractivity contribution is 6.04. The first kappa shape index (κ1) is 16.2. The van der Waals surface area contributed by atoms with Gasteiger partial charge in [-0.25, -0.2) is 10.1 Å². The maximum Gasteiger partial charge on any atom is 0.275 e. The number of hydrogen-bond donors (Lipinski definition) is 2. The van der Waals surface area contributed by atoms with Crippen molar-refractivity contribution in [1.82, 2.24) is 25.1 Å². The van der Waals surface area contributed by atoms with E-state index in [1.807, 2.05) is 0 Å². The molecule has 1 amide bonds. The molecule has 1 atom stereocenters. The number of nitrogens with zero attached hydrogens (tertiary/aromatic N) is 4. The number of benzene rings is 1. The van der Waals surface area contributed by atoms with Crippen molar-refractivity contribution in [3.63, 3.8) is 0 Å². The molecule has 0 saturated carbocycles. The Balaban J connectivity index is 1.74. The molecule has 3 aromatic rings. The number of nitrogens with one attached hydrogen (secondary N) is 2. The minimum atomic E-state index is -0.303. The first-order valence-electron chi connectivity index (χ1n) is 8.47. The van der Waals surface area contributed by atoms with E-state index in [-0.39, 0.29) is 23.2 Å². The quantitative estimate of drug-likeness (QED) is 0.745. The number of anilines is 1. The van der Waals surface area contributed by atoms with Gasteiger partial charge in [-0.3, -0.25) is 14.6 Å². The molecule has 2 aromatic heterocycles. The SMILES string of the molecule is CNc1cncc([C@H]2CCCN2C(=O)c2n[nH]c(=O)c3ccccc23)n1. The van der Waals surface area contributed by atoms with Crippen LogP contribution in [0, 0.1) is 0 Å². The lowest BCUT2D eigenvalue weighted by Crippen LogP contribution is -2.32. The summed E-state index contributed by atoms with van der Waals surface area (Å²) in [6.45, 7) is 0.615. The summed E-state index contributed by atoms with van der Waals surface area (Å²) in [5.74, 6) is 0.450. The Morgan fingerprint density at radius 1 is 1.27 bits per heavy atom. The average Bonchev–Trinajstić information content (AvgIpc) is 3.18. The summed E-state index contributed by atoms with van der Waals surface area (Å²) < 4.78 is 0. The molecule has 1 aliphatic heterocycles. The standard InChI is InChI=1S/C18H18N6O2/c1-19-15-10-20-9-13(21-15)14-7-4-8-24(14)18(26)16-11-5-2-3-6-12(11)17(25)23-22-16/h2-3,5-6,9-10,14H,4,7-8H2,1H3,(H,19,21)(H,23,25)/t14-/m1/s1. The van der Waals surface area contributed by atoms with Gasteiger partial charge in [-0.05, 0) is 18.9 Å². The van der Waals surface area contributed by atoms with Gasteiger partial charge in [0.05, 0.1) is 29.5 Å². The molecule has 2 N–H and O–H groups in total. The van der Waals surface area contributed by atoms with E-state index in [1.165, 1.54) is 0 Å². The lowest BCUT2D eigenvalue weighted by molar-refractivity contribution is 0.0728. The van der Waals surface area contributed by atoms with Gasteiger partial charge in [0.2, 0.25) is 0 Å². The zero-order valence-electron chi connectivity index (χ0n) is 14.3. The molecule has 26 heavy (non-hydrogen) atoms. The monoisotopic (exact) mass is 350 g/mol. The molecule has 4 rings (SSSR count). The largest absolute Gasteiger partial charge is 0.372 e. The van der Waals surface area contributed by atoms with Crippen LogP contribution in [0.5, 0.6) is 0 Å². The first-order valence-corrected chi connectivity index (χ1v) is 8.47. The Morgan fingerprint density at radius 3 is 2.88 bits per heavy atom. The van der Waals surface area contributed by atoms with E-state index in [2.05, 4.69) is 25.5 Å². The fourth-order valence-electron chi connectivity index (χ4n) is 3.39. The van der Waals surface area contributed by atoms with Crippen molar-refractivity contribution in [2.45, 2.75) is 18.9 Å². The van der Waals surface area contributed by atoms with Gasteiger partial charge in [0.15, 0.2) is 5.69 Å². The number of carbonyl (C=O) groups is 1. The molecular weight excluding hydrogens is 332 g/mol. The van der Waals surface area contributed by atoms with Gasteiger partial charge in [0.1, 0.15) is 5.82 Å². The maximum atomic E-state index is 13.2. The number of carbonyl (C=O) groups excluding carboxylic acids is 1. The smallest absolute Gasteiger partial charge is 0.275 e. The summed E-state index contributed by atoms with van der Waals surface area (Å²) in [7, 11) is 1.78. The van der Waals surface area contributed by atoms with Crippen molar-refractivity contribution in [1.29, 1.82) is 0 Å². The summed E-state index contributed by atoms with van der Waals surface area (Å²) >= 11 is 0. The number of likely N-dealkylation sites (tertiary alicyclic amines) is 1. The average molecular weight is 350 g/mol. The van der Waals surface area contributed by atoms with Crippen molar-refractivity contribution >= 4 is 22.5 Å². The second-order valence-electron chi connectivity index (χ2n) is 6.18. The number of aromatic nitrogens is 4. The minimum Gasteiger partial charge on any atom is -0.372 e. The number of fused-ring (bicyclic) bond motifs is 1. The molecule has 0 spiro atoms. The number of hydrogen-bond acceptors (Lipinski definition) is 6. The van der Waals surface area contributed by atoms with Crippen LogP contribution < -0.4 is 10.9 Å². The molecule has 1 aromatic carbocycles. The lowest BCUT2D eigenvalue weighted by Gasteiger charge is -2.24. The number of amides is 1. The Labute approximate surface area is 149 Å². The molecule has 8 nitrogen and oxygen atoms in total. The normalized spacial score (nSPS) is 16.8. The van der Waals surface area contributed by atoms with E-state index in [1.54, 1.807) is 48.6 Å². The fraction of sp³-hybridized carbons (Fsp3) is 0.278. The van der Waals surface area contributed by atoms with Crippen LogP contribution in [0.25, 0.3) is 10.8 Å². The highest BCUT2D eigenvalue weighted by atomic mass is 16.2. The molecule has 132 valence electrons. The molecule has 0 unspecified atom stereocenters. The van der Waals surface area contributed by atoms with Gasteiger partial charge in [0.25, 0.3) is 11.5 Å². The van der Waals surface area contributed by atoms with Gasteiger partial charge >= 0.3 is 0 Å². The topological polar surface area (TPSA) is 104 Å². The Bertz CT molecular complexity index is 1030. The third-order valence-electron chi connectivity index (χ3n) is 4.66. The van der Waals surface area contributed by atoms with Gasteiger partial charge in [-0.1, -0.05) is 18.2 Å². The van der Waals surface area contributed by atoms with Crippen molar-refractivity contribution in [2.24, 2.45) is 0 Å². The van der Waals surface area contributed by atoms with Crippen LogP contribution in [0.4, 0.5) is 5.82 Å². The summed E-state index contributed by atoms with van der Waals surface area (Å²) in [6.07, 6.45) is 5.02. The molecular formula is C18H18N6O2. The van der Waals surface area contributed by atoms with E-state index in [0.717, 1.165) is 18.5 Å². The van der Waals surface area contributed by atoms with Crippen LogP contribution in [0.15, 0.2) is 41.5 Å².